The van der Waals surface area contributed by atoms with Crippen LogP contribution in [-0.2, 0) is 0 Å². The van der Waals surface area contributed by atoms with Crippen LogP contribution < -0.4 is 4.74 Å². The van der Waals surface area contributed by atoms with Crippen LogP contribution in [0.4, 0.5) is 0 Å². The maximum Gasteiger partial charge on any atom is 0.170 e. The minimum absolute atomic E-state index is 0.105. The fourth-order valence-electron chi connectivity index (χ4n) is 2.77. The molecule has 0 N–H and O–H groups in total. The van der Waals surface area contributed by atoms with Crippen molar-refractivity contribution in [3.8, 4) is 5.75 Å². The van der Waals surface area contributed by atoms with Gasteiger partial charge in [-0.3, -0.25) is 4.79 Å². The monoisotopic (exact) mass is 266 g/mol. The van der Waals surface area contributed by atoms with E-state index in [1.54, 1.807) is 7.11 Å². The molecule has 2 aromatic rings. The Morgan fingerprint density at radius 3 is 2.60 bits per heavy atom. The minimum atomic E-state index is 0.105. The lowest BCUT2D eigenvalue weighted by atomic mass is 10.0. The van der Waals surface area contributed by atoms with Gasteiger partial charge in [0.05, 0.1) is 12.7 Å². The number of hydrogen-bond acceptors (Lipinski definition) is 2. The third-order valence-corrected chi connectivity index (χ3v) is 3.98. The number of aryl methyl sites for hydroxylation is 1. The van der Waals surface area contributed by atoms with Crippen LogP contribution in [0.1, 0.15) is 33.8 Å². The molecule has 2 heteroatoms. The predicted molar refractivity (Wildman–Crippen MR) is 79.4 cm³/mol. The molecule has 1 saturated carbocycles. The summed E-state index contributed by atoms with van der Waals surface area (Å²) < 4.78 is 5.32. The van der Waals surface area contributed by atoms with Gasteiger partial charge in [-0.05, 0) is 37.0 Å². The summed E-state index contributed by atoms with van der Waals surface area (Å²) in [6, 6.07) is 16.1. The highest BCUT2D eigenvalue weighted by molar-refractivity contribution is 6.02. The second-order valence-electron chi connectivity index (χ2n) is 5.43. The molecule has 0 aliphatic heterocycles. The molecule has 102 valence electrons. The van der Waals surface area contributed by atoms with E-state index < -0.39 is 0 Å². The smallest absolute Gasteiger partial charge is 0.170 e. The standard InChI is InChI=1S/C18H18O2/c1-12-8-9-17(20-2)16(10-12)18(19)15-11-14(15)13-6-4-3-5-7-13/h3-10,14-15H,11H2,1-2H3. The molecule has 2 aromatic carbocycles. The molecular weight excluding hydrogens is 248 g/mol. The number of carbonyl (C=O) groups excluding carboxylic acids is 1. The van der Waals surface area contributed by atoms with Crippen molar-refractivity contribution < 1.29 is 9.53 Å². The Bertz CT molecular complexity index is 631. The second kappa shape index (κ2) is 5.12. The van der Waals surface area contributed by atoms with Crippen LogP contribution in [0, 0.1) is 12.8 Å². The van der Waals surface area contributed by atoms with Crippen molar-refractivity contribution in [1.29, 1.82) is 0 Å². The first-order valence-corrected chi connectivity index (χ1v) is 6.94. The number of ether oxygens (including phenoxy) is 1. The van der Waals surface area contributed by atoms with Gasteiger partial charge in [-0.15, -0.1) is 0 Å². The number of Topliss-reactive ketones (excluding diaryl/α,β-unsaturated/α-hetero) is 1. The van der Waals surface area contributed by atoms with Crippen LogP contribution >= 0.6 is 0 Å². The van der Waals surface area contributed by atoms with E-state index in [0.717, 1.165) is 17.5 Å². The Hall–Kier alpha value is -2.09. The zero-order chi connectivity index (χ0) is 14.1. The topological polar surface area (TPSA) is 26.3 Å². The molecular formula is C18H18O2. The number of rotatable bonds is 4. The van der Waals surface area contributed by atoms with Gasteiger partial charge in [-0.1, -0.05) is 42.0 Å². The van der Waals surface area contributed by atoms with Crippen LogP contribution in [0.25, 0.3) is 0 Å². The van der Waals surface area contributed by atoms with Crippen molar-refractivity contribution in [2.24, 2.45) is 5.92 Å². The maximum absolute atomic E-state index is 12.6. The van der Waals surface area contributed by atoms with Gasteiger partial charge in [0.15, 0.2) is 5.78 Å². The summed E-state index contributed by atoms with van der Waals surface area (Å²) in [6.45, 7) is 2.00. The van der Waals surface area contributed by atoms with Gasteiger partial charge < -0.3 is 4.74 Å². The molecule has 1 aliphatic carbocycles. The zero-order valence-corrected chi connectivity index (χ0v) is 11.8. The molecule has 2 unspecified atom stereocenters. The predicted octanol–water partition coefficient (Wildman–Crippen LogP) is 3.99. The summed E-state index contributed by atoms with van der Waals surface area (Å²) >= 11 is 0. The summed E-state index contributed by atoms with van der Waals surface area (Å²) in [5.74, 6) is 1.36. The number of hydrogen-bond donors (Lipinski definition) is 0. The molecule has 0 saturated heterocycles. The Kier molecular flexibility index (Phi) is 3.31. The Balaban J connectivity index is 1.83. The van der Waals surface area contributed by atoms with Gasteiger partial charge in [0.25, 0.3) is 0 Å². The van der Waals surface area contributed by atoms with Gasteiger partial charge in [0.2, 0.25) is 0 Å². The lowest BCUT2D eigenvalue weighted by molar-refractivity contribution is 0.0962. The van der Waals surface area contributed by atoms with Crippen molar-refractivity contribution >= 4 is 5.78 Å². The number of methoxy groups -OCH3 is 1. The van der Waals surface area contributed by atoms with E-state index in [4.69, 9.17) is 4.74 Å². The van der Waals surface area contributed by atoms with Crippen LogP contribution in [-0.4, -0.2) is 12.9 Å². The molecule has 0 amide bonds. The summed E-state index contributed by atoms with van der Waals surface area (Å²) in [6.07, 6.45) is 0.944. The van der Waals surface area contributed by atoms with Crippen LogP contribution in [0.15, 0.2) is 48.5 Å². The molecule has 3 rings (SSSR count). The van der Waals surface area contributed by atoms with E-state index in [0.29, 0.717) is 11.7 Å². The number of ketones is 1. The first kappa shape index (κ1) is 12.9. The molecule has 0 aromatic heterocycles. The lowest BCUT2D eigenvalue weighted by Gasteiger charge is -2.08. The molecule has 0 radical (unpaired) electrons. The van der Waals surface area contributed by atoms with Crippen molar-refractivity contribution in [3.63, 3.8) is 0 Å². The van der Waals surface area contributed by atoms with E-state index in [-0.39, 0.29) is 11.7 Å². The summed E-state index contributed by atoms with van der Waals surface area (Å²) in [5, 5.41) is 0. The van der Waals surface area contributed by atoms with Crippen molar-refractivity contribution in [2.75, 3.05) is 7.11 Å². The first-order chi connectivity index (χ1) is 9.70. The summed E-state index contributed by atoms with van der Waals surface area (Å²) in [4.78, 5) is 12.6. The van der Waals surface area contributed by atoms with E-state index in [1.165, 1.54) is 5.56 Å². The average molecular weight is 266 g/mol. The van der Waals surface area contributed by atoms with Crippen molar-refractivity contribution in [1.82, 2.24) is 0 Å². The van der Waals surface area contributed by atoms with E-state index in [9.17, 15) is 4.79 Å². The largest absolute Gasteiger partial charge is 0.496 e. The normalized spacial score (nSPS) is 20.5. The van der Waals surface area contributed by atoms with Crippen LogP contribution in [0.3, 0.4) is 0 Å². The summed E-state index contributed by atoms with van der Waals surface area (Å²) in [5.41, 5.74) is 3.07. The van der Waals surface area contributed by atoms with E-state index in [2.05, 4.69) is 12.1 Å². The summed E-state index contributed by atoms with van der Waals surface area (Å²) in [7, 11) is 1.61. The number of carbonyl (C=O) groups is 1. The van der Waals surface area contributed by atoms with E-state index >= 15 is 0 Å². The Morgan fingerprint density at radius 2 is 1.90 bits per heavy atom. The fourth-order valence-corrected chi connectivity index (χ4v) is 2.77. The van der Waals surface area contributed by atoms with Gasteiger partial charge in [-0.25, -0.2) is 0 Å². The quantitative estimate of drug-likeness (QED) is 0.782. The number of benzene rings is 2. The van der Waals surface area contributed by atoms with Gasteiger partial charge in [0, 0.05) is 5.92 Å². The third-order valence-electron chi connectivity index (χ3n) is 3.98. The lowest BCUT2D eigenvalue weighted by Crippen LogP contribution is -2.06. The average Bonchev–Trinajstić information content (AvgIpc) is 3.28. The maximum atomic E-state index is 12.6. The Morgan fingerprint density at radius 1 is 1.15 bits per heavy atom. The fraction of sp³-hybridized carbons (Fsp3) is 0.278. The highest BCUT2D eigenvalue weighted by Crippen LogP contribution is 2.49. The molecule has 0 spiro atoms. The van der Waals surface area contributed by atoms with Gasteiger partial charge in [0.1, 0.15) is 5.75 Å². The van der Waals surface area contributed by atoms with Gasteiger partial charge in [-0.2, -0.15) is 0 Å². The first-order valence-electron chi connectivity index (χ1n) is 6.94. The molecule has 1 fully saturated rings. The second-order valence-corrected chi connectivity index (χ2v) is 5.43. The van der Waals surface area contributed by atoms with E-state index in [1.807, 2.05) is 43.3 Å². The minimum Gasteiger partial charge on any atom is -0.496 e. The molecule has 1 aliphatic rings. The van der Waals surface area contributed by atoms with Crippen molar-refractivity contribution in [2.45, 2.75) is 19.3 Å². The van der Waals surface area contributed by atoms with Crippen LogP contribution in [0.2, 0.25) is 0 Å². The van der Waals surface area contributed by atoms with Crippen molar-refractivity contribution in [3.05, 3.63) is 65.2 Å². The SMILES string of the molecule is COc1ccc(C)cc1C(=O)C1CC1c1ccccc1. The highest BCUT2D eigenvalue weighted by atomic mass is 16.5. The molecule has 0 bridgehead atoms. The molecule has 20 heavy (non-hydrogen) atoms. The molecule has 2 nitrogen and oxygen atoms in total. The molecule has 2 atom stereocenters. The Labute approximate surface area is 119 Å². The van der Waals surface area contributed by atoms with Crippen LogP contribution in [0.5, 0.6) is 5.75 Å². The highest BCUT2D eigenvalue weighted by Gasteiger charge is 2.44. The van der Waals surface area contributed by atoms with Gasteiger partial charge >= 0.3 is 0 Å². The zero-order valence-electron chi connectivity index (χ0n) is 11.8. The third kappa shape index (κ3) is 2.34. The molecule has 0 heterocycles.